The smallest absolute Gasteiger partial charge is 0.343 e. The Labute approximate surface area is 183 Å². The van der Waals surface area contributed by atoms with Crippen molar-refractivity contribution in [3.8, 4) is 5.75 Å². The highest BCUT2D eigenvalue weighted by Gasteiger charge is 2.74. The number of piperidine rings is 1. The van der Waals surface area contributed by atoms with Crippen molar-refractivity contribution < 1.29 is 23.5 Å². The van der Waals surface area contributed by atoms with E-state index < -0.39 is 29.5 Å². The van der Waals surface area contributed by atoms with E-state index >= 15 is 0 Å². The molecule has 3 fully saturated rings. The molecule has 1 aromatic heterocycles. The summed E-state index contributed by atoms with van der Waals surface area (Å²) in [4.78, 5) is 41.0. The predicted molar refractivity (Wildman–Crippen MR) is 111 cm³/mol. The third-order valence-electron chi connectivity index (χ3n) is 7.46. The van der Waals surface area contributed by atoms with Gasteiger partial charge in [0.1, 0.15) is 18.3 Å². The van der Waals surface area contributed by atoms with E-state index in [0.717, 1.165) is 5.56 Å². The Morgan fingerprint density at radius 3 is 2.72 bits per heavy atom. The van der Waals surface area contributed by atoms with Crippen LogP contribution >= 0.6 is 0 Å². The number of nitrogens with zero attached hydrogens (tertiary/aromatic N) is 2. The zero-order chi connectivity index (χ0) is 22.1. The van der Waals surface area contributed by atoms with Gasteiger partial charge in [0, 0.05) is 12.7 Å². The molecule has 6 atom stereocenters. The van der Waals surface area contributed by atoms with Crippen molar-refractivity contribution in [1.29, 1.82) is 0 Å². The first-order chi connectivity index (χ1) is 15.5. The summed E-state index contributed by atoms with van der Waals surface area (Å²) in [6.07, 6.45) is 0.880. The number of esters is 1. The molecule has 2 aliphatic heterocycles. The fourth-order valence-electron chi connectivity index (χ4n) is 6.21. The summed E-state index contributed by atoms with van der Waals surface area (Å²) in [5.41, 5.74) is 0.0739. The second kappa shape index (κ2) is 6.92. The number of carbonyl (C=O) groups excluding carboxylic acids is 2. The van der Waals surface area contributed by atoms with Crippen molar-refractivity contribution in [2.75, 3.05) is 6.61 Å². The van der Waals surface area contributed by atoms with Crippen LogP contribution in [0.5, 0.6) is 5.75 Å². The zero-order valence-electron chi connectivity index (χ0n) is 17.6. The number of amides is 1. The Morgan fingerprint density at radius 1 is 1.19 bits per heavy atom. The van der Waals surface area contributed by atoms with Gasteiger partial charge in [-0.15, -0.1) is 0 Å². The van der Waals surface area contributed by atoms with Gasteiger partial charge in [-0.3, -0.25) is 9.59 Å². The van der Waals surface area contributed by atoms with Crippen molar-refractivity contribution in [2.24, 2.45) is 17.8 Å². The molecule has 8 heteroatoms. The molecule has 2 aliphatic carbocycles. The van der Waals surface area contributed by atoms with Crippen LogP contribution in [0.2, 0.25) is 0 Å². The SMILES string of the molecule is CCOC(=O)c1cn2c(c(OCc3ccccc3)c1=O)C(=O)N1C(C2)[C@H]2C3C[C@H](F)C1C32. The van der Waals surface area contributed by atoms with Gasteiger partial charge in [0.15, 0.2) is 11.4 Å². The maximum atomic E-state index is 14.7. The average Bonchev–Trinajstić information content (AvgIpc) is 3.24. The first kappa shape index (κ1) is 19.5. The van der Waals surface area contributed by atoms with Gasteiger partial charge >= 0.3 is 5.97 Å². The Kier molecular flexibility index (Phi) is 4.22. The van der Waals surface area contributed by atoms with E-state index in [4.69, 9.17) is 9.47 Å². The van der Waals surface area contributed by atoms with Crippen LogP contribution in [0.25, 0.3) is 0 Å². The minimum Gasteiger partial charge on any atom is -0.483 e. The van der Waals surface area contributed by atoms with Gasteiger partial charge < -0.3 is 18.9 Å². The lowest BCUT2D eigenvalue weighted by molar-refractivity contribution is 0.0450. The second-order valence-electron chi connectivity index (χ2n) is 9.04. The Morgan fingerprint density at radius 2 is 1.97 bits per heavy atom. The number of pyridine rings is 1. The first-order valence-electron chi connectivity index (χ1n) is 11.1. The number of carbonyl (C=O) groups is 2. The van der Waals surface area contributed by atoms with Crippen LogP contribution in [0.1, 0.15) is 39.8 Å². The molecule has 2 saturated carbocycles. The van der Waals surface area contributed by atoms with Gasteiger partial charge in [-0.1, -0.05) is 30.3 Å². The summed E-state index contributed by atoms with van der Waals surface area (Å²) in [5, 5.41) is 0. The molecule has 4 unspecified atom stereocenters. The minimum atomic E-state index is -1.03. The molecular weight excluding hydrogens is 415 g/mol. The number of halogens is 1. The van der Waals surface area contributed by atoms with Gasteiger partial charge in [-0.25, -0.2) is 9.18 Å². The van der Waals surface area contributed by atoms with E-state index in [1.165, 1.54) is 6.20 Å². The molecule has 0 spiro atoms. The van der Waals surface area contributed by atoms with E-state index in [2.05, 4.69) is 0 Å². The highest BCUT2D eigenvalue weighted by atomic mass is 19.1. The number of hydrogen-bond donors (Lipinski definition) is 0. The van der Waals surface area contributed by atoms with Crippen LogP contribution in [0.3, 0.4) is 0 Å². The molecule has 0 bridgehead atoms. The van der Waals surface area contributed by atoms with Crippen LogP contribution in [-0.2, 0) is 17.9 Å². The number of ether oxygens (including phenoxy) is 2. The fourth-order valence-corrected chi connectivity index (χ4v) is 6.21. The van der Waals surface area contributed by atoms with Crippen molar-refractivity contribution >= 4 is 11.9 Å². The summed E-state index contributed by atoms with van der Waals surface area (Å²) >= 11 is 0. The van der Waals surface area contributed by atoms with Crippen LogP contribution < -0.4 is 10.2 Å². The topological polar surface area (TPSA) is 77.8 Å². The summed E-state index contributed by atoms with van der Waals surface area (Å²) in [6.45, 7) is 2.27. The van der Waals surface area contributed by atoms with Crippen molar-refractivity contribution in [3.05, 3.63) is 63.6 Å². The van der Waals surface area contributed by atoms with Gasteiger partial charge in [-0.05, 0) is 36.7 Å². The molecular formula is C24H23FN2O5. The first-order valence-corrected chi connectivity index (χ1v) is 11.1. The Hall–Kier alpha value is -3.16. The monoisotopic (exact) mass is 438 g/mol. The van der Waals surface area contributed by atoms with Crippen molar-refractivity contribution in [2.45, 2.75) is 44.8 Å². The standard InChI is InChI=1S/C24H23FN2O5/c1-2-31-24(30)14-9-26-10-16-17-13-8-15(25)19(18(13)17)27(16)23(29)20(26)22(21(14)28)32-11-12-6-4-3-5-7-12/h3-7,9,13,15-19H,2,8,10-11H2,1H3/t13?,15-,16?,17+,18?,19?/m0/s1. The van der Waals surface area contributed by atoms with Gasteiger partial charge in [0.2, 0.25) is 5.43 Å². The predicted octanol–water partition coefficient (Wildman–Crippen LogP) is 2.41. The molecule has 3 heterocycles. The second-order valence-corrected chi connectivity index (χ2v) is 9.04. The van der Waals surface area contributed by atoms with E-state index in [-0.39, 0.29) is 42.2 Å². The number of alkyl halides is 1. The lowest BCUT2D eigenvalue weighted by Gasteiger charge is -2.38. The zero-order valence-corrected chi connectivity index (χ0v) is 17.6. The highest BCUT2D eigenvalue weighted by Crippen LogP contribution is 2.68. The molecule has 7 nitrogen and oxygen atoms in total. The van der Waals surface area contributed by atoms with Crippen LogP contribution in [0, 0.1) is 17.8 Å². The Bertz CT molecular complexity index is 1180. The molecule has 6 rings (SSSR count). The lowest BCUT2D eigenvalue weighted by Crippen LogP contribution is -2.52. The maximum absolute atomic E-state index is 14.7. The number of rotatable bonds is 5. The third kappa shape index (κ3) is 2.61. The number of hydrogen-bond acceptors (Lipinski definition) is 5. The summed E-state index contributed by atoms with van der Waals surface area (Å²) < 4.78 is 27.2. The molecule has 1 aromatic carbocycles. The van der Waals surface area contributed by atoms with Crippen molar-refractivity contribution in [3.63, 3.8) is 0 Å². The van der Waals surface area contributed by atoms with E-state index in [0.29, 0.717) is 24.8 Å². The Balaban J connectivity index is 1.44. The molecule has 32 heavy (non-hydrogen) atoms. The van der Waals surface area contributed by atoms with Gasteiger partial charge in [0.25, 0.3) is 5.91 Å². The van der Waals surface area contributed by atoms with Crippen LogP contribution in [0.15, 0.2) is 41.3 Å². The quantitative estimate of drug-likeness (QED) is 0.670. The normalized spacial score (nSPS) is 31.1. The molecule has 166 valence electrons. The largest absolute Gasteiger partial charge is 0.483 e. The van der Waals surface area contributed by atoms with E-state index in [1.807, 2.05) is 30.3 Å². The van der Waals surface area contributed by atoms with Crippen LogP contribution in [0.4, 0.5) is 4.39 Å². The lowest BCUT2D eigenvalue weighted by atomic mass is 10.0. The number of fused-ring (bicyclic) bond motifs is 5. The highest BCUT2D eigenvalue weighted by molar-refractivity contribution is 5.98. The molecule has 0 N–H and O–H groups in total. The summed E-state index contributed by atoms with van der Waals surface area (Å²) in [5.74, 6) is -0.470. The number of benzene rings is 1. The average molecular weight is 438 g/mol. The molecule has 1 amide bonds. The van der Waals surface area contributed by atoms with Crippen molar-refractivity contribution in [1.82, 2.24) is 9.47 Å². The van der Waals surface area contributed by atoms with E-state index in [9.17, 15) is 18.8 Å². The van der Waals surface area contributed by atoms with E-state index in [1.54, 1.807) is 16.4 Å². The summed E-state index contributed by atoms with van der Waals surface area (Å²) in [7, 11) is 0. The minimum absolute atomic E-state index is 0.0640. The van der Waals surface area contributed by atoms with Crippen LogP contribution in [-0.4, -0.2) is 46.2 Å². The molecule has 4 aliphatic rings. The third-order valence-corrected chi connectivity index (χ3v) is 7.46. The van der Waals surface area contributed by atoms with Gasteiger partial charge in [-0.2, -0.15) is 0 Å². The molecule has 0 radical (unpaired) electrons. The summed E-state index contributed by atoms with van der Waals surface area (Å²) in [6, 6.07) is 8.72. The number of aromatic nitrogens is 1. The molecule has 1 saturated heterocycles. The maximum Gasteiger partial charge on any atom is 0.343 e. The molecule has 2 aromatic rings. The fraction of sp³-hybridized carbons (Fsp3) is 0.458. The van der Waals surface area contributed by atoms with Gasteiger partial charge in [0.05, 0.1) is 18.7 Å².